The summed E-state index contributed by atoms with van der Waals surface area (Å²) in [5.41, 5.74) is 6.31. The molecular weight excluding hydrogens is 198 g/mol. The summed E-state index contributed by atoms with van der Waals surface area (Å²) in [5.74, 6) is -0.347. The molecule has 0 radical (unpaired) electrons. The number of hydrogen-bond donors (Lipinski definition) is 1. The molecule has 0 fully saturated rings. The Bertz CT molecular complexity index is 289. The van der Waals surface area contributed by atoms with Crippen LogP contribution < -0.4 is 5.73 Å². The van der Waals surface area contributed by atoms with Crippen molar-refractivity contribution in [1.82, 2.24) is 0 Å². The van der Waals surface area contributed by atoms with Crippen LogP contribution in [0, 0.1) is 0 Å². The lowest BCUT2D eigenvalue weighted by Crippen LogP contribution is -2.27. The van der Waals surface area contributed by atoms with Gasteiger partial charge in [0.1, 0.15) is 5.25 Å². The lowest BCUT2D eigenvalue weighted by molar-refractivity contribution is -0.117. The zero-order chi connectivity index (χ0) is 10.4. The predicted molar refractivity (Wildman–Crippen MR) is 57.7 cm³/mol. The monoisotopic (exact) mass is 211 g/mol. The molecule has 14 heavy (non-hydrogen) atoms. The minimum Gasteiger partial charge on any atom is -0.369 e. The van der Waals surface area contributed by atoms with Crippen LogP contribution in [-0.2, 0) is 15.4 Å². The molecule has 1 aromatic carbocycles. The van der Waals surface area contributed by atoms with Gasteiger partial charge in [0.15, 0.2) is 0 Å². The summed E-state index contributed by atoms with van der Waals surface area (Å²) < 4.78 is 4.85. The van der Waals surface area contributed by atoms with Gasteiger partial charge in [-0.05, 0) is 12.0 Å². The third-order valence-electron chi connectivity index (χ3n) is 1.79. The van der Waals surface area contributed by atoms with Crippen molar-refractivity contribution in [2.45, 2.75) is 11.7 Å². The molecule has 0 heterocycles. The average Bonchev–Trinajstić information content (AvgIpc) is 2.18. The number of benzene rings is 1. The van der Waals surface area contributed by atoms with Crippen molar-refractivity contribution in [2.24, 2.45) is 5.73 Å². The molecule has 1 amide bonds. The van der Waals surface area contributed by atoms with Gasteiger partial charge in [-0.3, -0.25) is 4.79 Å². The average molecular weight is 211 g/mol. The van der Waals surface area contributed by atoms with Crippen LogP contribution in [0.15, 0.2) is 30.3 Å². The largest absolute Gasteiger partial charge is 0.369 e. The van der Waals surface area contributed by atoms with Gasteiger partial charge in [0, 0.05) is 12.0 Å². The van der Waals surface area contributed by atoms with Gasteiger partial charge in [0.25, 0.3) is 0 Å². The molecule has 0 saturated carbocycles. The number of primary amides is 1. The zero-order valence-electron chi connectivity index (χ0n) is 7.97. The second-order valence-electron chi connectivity index (χ2n) is 2.84. The summed E-state index contributed by atoms with van der Waals surface area (Å²) in [7, 11) is 1.53. The molecular formula is C10H13NO2S. The van der Waals surface area contributed by atoms with Gasteiger partial charge in [-0.2, -0.15) is 0 Å². The maximum Gasteiger partial charge on any atom is 0.233 e. The van der Waals surface area contributed by atoms with Crippen LogP contribution in [0.4, 0.5) is 0 Å². The van der Waals surface area contributed by atoms with Crippen LogP contribution in [0.25, 0.3) is 0 Å². The van der Waals surface area contributed by atoms with E-state index in [1.54, 1.807) is 0 Å². The highest BCUT2D eigenvalue weighted by Crippen LogP contribution is 2.16. The molecule has 4 heteroatoms. The van der Waals surface area contributed by atoms with E-state index in [0.717, 1.165) is 17.6 Å². The lowest BCUT2D eigenvalue weighted by atomic mass is 10.1. The van der Waals surface area contributed by atoms with E-state index in [4.69, 9.17) is 9.92 Å². The Morgan fingerprint density at radius 3 is 2.64 bits per heavy atom. The molecule has 0 saturated heterocycles. The van der Waals surface area contributed by atoms with Crippen LogP contribution in [0.5, 0.6) is 0 Å². The quantitative estimate of drug-likeness (QED) is 0.748. The summed E-state index contributed by atoms with van der Waals surface area (Å²) in [6.07, 6.45) is 0.606. The van der Waals surface area contributed by atoms with E-state index in [9.17, 15) is 4.79 Å². The molecule has 1 aromatic rings. The molecule has 0 aliphatic carbocycles. The number of rotatable bonds is 5. The molecule has 2 N–H and O–H groups in total. The molecule has 1 rings (SSSR count). The van der Waals surface area contributed by atoms with Crippen LogP contribution in [0.3, 0.4) is 0 Å². The van der Waals surface area contributed by atoms with Crippen molar-refractivity contribution < 1.29 is 8.98 Å². The molecule has 3 nitrogen and oxygen atoms in total. The molecule has 76 valence electrons. The van der Waals surface area contributed by atoms with Crippen molar-refractivity contribution in [1.29, 1.82) is 0 Å². The van der Waals surface area contributed by atoms with Gasteiger partial charge in [0.05, 0.1) is 7.11 Å². The van der Waals surface area contributed by atoms with Gasteiger partial charge in [-0.25, -0.2) is 0 Å². The van der Waals surface area contributed by atoms with Crippen molar-refractivity contribution >= 4 is 17.9 Å². The van der Waals surface area contributed by atoms with E-state index >= 15 is 0 Å². The number of carbonyl (C=O) groups is 1. The van der Waals surface area contributed by atoms with Crippen LogP contribution >= 0.6 is 12.0 Å². The highest BCUT2D eigenvalue weighted by molar-refractivity contribution is 7.96. The first-order valence-electron chi connectivity index (χ1n) is 4.26. The van der Waals surface area contributed by atoms with E-state index < -0.39 is 0 Å². The number of hydrogen-bond acceptors (Lipinski definition) is 3. The summed E-state index contributed by atoms with van der Waals surface area (Å²) in [4.78, 5) is 11.0. The molecule has 0 aromatic heterocycles. The normalized spacial score (nSPS) is 12.4. The molecule has 0 spiro atoms. The standard InChI is InChI=1S/C10H13NO2S/c1-13-14-9(10(11)12)7-8-5-3-2-4-6-8/h2-6,9H,7H2,1H3,(H2,11,12)/t9-/m0/s1. The summed E-state index contributed by atoms with van der Waals surface area (Å²) in [5, 5.41) is -0.317. The minimum absolute atomic E-state index is 0.317. The molecule has 1 atom stereocenters. The maximum atomic E-state index is 11.0. The van der Waals surface area contributed by atoms with Gasteiger partial charge >= 0.3 is 0 Å². The van der Waals surface area contributed by atoms with E-state index in [0.29, 0.717) is 6.42 Å². The van der Waals surface area contributed by atoms with E-state index in [2.05, 4.69) is 0 Å². The Morgan fingerprint density at radius 2 is 2.14 bits per heavy atom. The third-order valence-corrected chi connectivity index (χ3v) is 2.62. The third kappa shape index (κ3) is 3.40. The fraction of sp³-hybridized carbons (Fsp3) is 0.300. The van der Waals surface area contributed by atoms with Crippen molar-refractivity contribution in [3.05, 3.63) is 35.9 Å². The summed E-state index contributed by atoms with van der Waals surface area (Å²) in [6.45, 7) is 0. The Balaban J connectivity index is 2.60. The fourth-order valence-electron chi connectivity index (χ4n) is 1.13. The Morgan fingerprint density at radius 1 is 1.50 bits per heavy atom. The highest BCUT2D eigenvalue weighted by atomic mass is 32.2. The Kier molecular flexibility index (Phi) is 4.49. The van der Waals surface area contributed by atoms with E-state index in [-0.39, 0.29) is 11.2 Å². The van der Waals surface area contributed by atoms with E-state index in [1.807, 2.05) is 30.3 Å². The lowest BCUT2D eigenvalue weighted by Gasteiger charge is -2.10. The molecule has 0 aliphatic rings. The second-order valence-corrected chi connectivity index (χ2v) is 3.94. The Hall–Kier alpha value is -1.00. The van der Waals surface area contributed by atoms with Gasteiger partial charge in [-0.1, -0.05) is 30.3 Å². The maximum absolute atomic E-state index is 11.0. The van der Waals surface area contributed by atoms with Gasteiger partial charge in [-0.15, -0.1) is 0 Å². The van der Waals surface area contributed by atoms with E-state index in [1.165, 1.54) is 7.11 Å². The fourth-order valence-corrected chi connectivity index (χ4v) is 1.71. The molecule has 0 aliphatic heterocycles. The van der Waals surface area contributed by atoms with Gasteiger partial charge < -0.3 is 9.92 Å². The van der Waals surface area contributed by atoms with Crippen LogP contribution in [-0.4, -0.2) is 18.3 Å². The number of nitrogens with two attached hydrogens (primary N) is 1. The number of carbonyl (C=O) groups excluding carboxylic acids is 1. The number of amides is 1. The summed E-state index contributed by atoms with van der Waals surface area (Å²) >= 11 is 1.10. The topological polar surface area (TPSA) is 52.3 Å². The van der Waals surface area contributed by atoms with Crippen molar-refractivity contribution in [3.8, 4) is 0 Å². The first kappa shape index (κ1) is 11.1. The van der Waals surface area contributed by atoms with Crippen molar-refractivity contribution in [3.63, 3.8) is 0 Å². The van der Waals surface area contributed by atoms with Crippen LogP contribution in [0.1, 0.15) is 5.56 Å². The second kappa shape index (κ2) is 5.67. The summed E-state index contributed by atoms with van der Waals surface area (Å²) in [6, 6.07) is 9.74. The van der Waals surface area contributed by atoms with Crippen molar-refractivity contribution in [2.75, 3.05) is 7.11 Å². The first-order chi connectivity index (χ1) is 6.74. The smallest absolute Gasteiger partial charge is 0.233 e. The first-order valence-corrected chi connectivity index (χ1v) is 5.07. The molecule has 0 bridgehead atoms. The Labute approximate surface area is 87.8 Å². The highest BCUT2D eigenvalue weighted by Gasteiger charge is 2.16. The van der Waals surface area contributed by atoms with Crippen LogP contribution in [0.2, 0.25) is 0 Å². The predicted octanol–water partition coefficient (Wildman–Crippen LogP) is 1.38. The molecule has 0 unspecified atom stereocenters. The van der Waals surface area contributed by atoms with Gasteiger partial charge in [0.2, 0.25) is 5.91 Å². The minimum atomic E-state index is -0.347. The zero-order valence-corrected chi connectivity index (χ0v) is 8.79. The SMILES string of the molecule is COS[C@@H](Cc1ccccc1)C(N)=O.